The van der Waals surface area contributed by atoms with Crippen LogP contribution in [0.4, 0.5) is 5.82 Å². The summed E-state index contributed by atoms with van der Waals surface area (Å²) >= 11 is 0. The van der Waals surface area contributed by atoms with E-state index in [4.69, 9.17) is 0 Å². The van der Waals surface area contributed by atoms with Crippen molar-refractivity contribution in [3.8, 4) is 0 Å². The Morgan fingerprint density at radius 3 is 3.04 bits per heavy atom. The van der Waals surface area contributed by atoms with Crippen LogP contribution in [0.3, 0.4) is 0 Å². The number of nitrogens with zero attached hydrogens (tertiary/aromatic N) is 4. The molecule has 0 bridgehead atoms. The lowest BCUT2D eigenvalue weighted by Gasteiger charge is -2.34. The minimum absolute atomic E-state index is 0.0889. The zero-order valence-electron chi connectivity index (χ0n) is 13.5. The van der Waals surface area contributed by atoms with Crippen LogP contribution in [0.2, 0.25) is 0 Å². The van der Waals surface area contributed by atoms with Gasteiger partial charge in [-0.25, -0.2) is 4.98 Å². The molecule has 1 saturated heterocycles. The van der Waals surface area contributed by atoms with Gasteiger partial charge in [0, 0.05) is 44.5 Å². The molecular formula is C17H23N5O. The third-order valence-corrected chi connectivity index (χ3v) is 4.10. The van der Waals surface area contributed by atoms with Crippen molar-refractivity contribution in [1.82, 2.24) is 20.1 Å². The van der Waals surface area contributed by atoms with Crippen LogP contribution < -0.4 is 10.2 Å². The first-order valence-electron chi connectivity index (χ1n) is 8.16. The van der Waals surface area contributed by atoms with Gasteiger partial charge in [-0.2, -0.15) is 5.10 Å². The van der Waals surface area contributed by atoms with Gasteiger partial charge in [-0.1, -0.05) is 6.07 Å². The Kier molecular flexibility index (Phi) is 4.90. The predicted octanol–water partition coefficient (Wildman–Crippen LogP) is 1.76. The van der Waals surface area contributed by atoms with E-state index in [1.807, 2.05) is 48.3 Å². The molecule has 1 amide bonds. The van der Waals surface area contributed by atoms with Crippen molar-refractivity contribution in [2.24, 2.45) is 0 Å². The van der Waals surface area contributed by atoms with Gasteiger partial charge >= 0.3 is 0 Å². The molecule has 0 spiro atoms. The molecule has 6 heteroatoms. The van der Waals surface area contributed by atoms with Crippen molar-refractivity contribution in [3.63, 3.8) is 0 Å². The Balaban J connectivity index is 1.48. The lowest BCUT2D eigenvalue weighted by Crippen LogP contribution is -2.48. The van der Waals surface area contributed by atoms with Gasteiger partial charge in [0.15, 0.2) is 0 Å². The largest absolute Gasteiger partial charge is 0.355 e. The molecule has 1 N–H and O–H groups in total. The van der Waals surface area contributed by atoms with E-state index in [1.165, 1.54) is 0 Å². The average molecular weight is 313 g/mol. The summed E-state index contributed by atoms with van der Waals surface area (Å²) in [5.41, 5.74) is 0.976. The number of piperidine rings is 1. The molecule has 0 radical (unpaired) electrons. The number of hydrogen-bond acceptors (Lipinski definition) is 4. The van der Waals surface area contributed by atoms with E-state index in [-0.39, 0.29) is 11.9 Å². The molecule has 2 aromatic rings. The first kappa shape index (κ1) is 15.5. The molecule has 0 saturated carbocycles. The summed E-state index contributed by atoms with van der Waals surface area (Å²) in [5, 5.41) is 7.45. The summed E-state index contributed by atoms with van der Waals surface area (Å²) in [6, 6.07) is 8.08. The Bertz CT molecular complexity index is 639. The number of aromatic nitrogens is 3. The zero-order chi connectivity index (χ0) is 16.1. The minimum atomic E-state index is 0.0889. The fourth-order valence-electron chi connectivity index (χ4n) is 2.95. The molecule has 0 aromatic carbocycles. The second-order valence-corrected chi connectivity index (χ2v) is 6.01. The summed E-state index contributed by atoms with van der Waals surface area (Å²) in [6.45, 7) is 4.39. The van der Waals surface area contributed by atoms with E-state index in [0.717, 1.165) is 37.4 Å². The van der Waals surface area contributed by atoms with E-state index in [9.17, 15) is 4.79 Å². The maximum atomic E-state index is 12.1. The molecule has 6 nitrogen and oxygen atoms in total. The predicted molar refractivity (Wildman–Crippen MR) is 89.2 cm³/mol. The zero-order valence-corrected chi connectivity index (χ0v) is 13.5. The molecule has 0 aliphatic carbocycles. The second-order valence-electron chi connectivity index (χ2n) is 6.01. The van der Waals surface area contributed by atoms with Gasteiger partial charge in [-0.05, 0) is 38.0 Å². The summed E-state index contributed by atoms with van der Waals surface area (Å²) in [7, 11) is 0. The van der Waals surface area contributed by atoms with Crippen molar-refractivity contribution in [1.29, 1.82) is 0 Å². The van der Waals surface area contributed by atoms with Crippen LogP contribution in [-0.2, 0) is 11.3 Å². The van der Waals surface area contributed by atoms with Gasteiger partial charge in [-0.3, -0.25) is 9.48 Å². The monoisotopic (exact) mass is 313 g/mol. The number of hydrogen-bond donors (Lipinski definition) is 1. The molecule has 3 rings (SSSR count). The van der Waals surface area contributed by atoms with Gasteiger partial charge in [0.1, 0.15) is 5.82 Å². The lowest BCUT2D eigenvalue weighted by atomic mass is 10.1. The van der Waals surface area contributed by atoms with Crippen LogP contribution in [0.5, 0.6) is 0 Å². The Labute approximate surface area is 136 Å². The highest BCUT2D eigenvalue weighted by atomic mass is 16.1. The number of carbonyl (C=O) groups excluding carboxylic acids is 1. The molecular weight excluding hydrogens is 290 g/mol. The van der Waals surface area contributed by atoms with Crippen LogP contribution in [0.1, 0.15) is 25.0 Å². The third kappa shape index (κ3) is 4.31. The highest BCUT2D eigenvalue weighted by Gasteiger charge is 2.22. The van der Waals surface area contributed by atoms with Crippen molar-refractivity contribution in [2.75, 3.05) is 18.0 Å². The fourth-order valence-corrected chi connectivity index (χ4v) is 2.95. The van der Waals surface area contributed by atoms with Crippen LogP contribution in [0.25, 0.3) is 0 Å². The van der Waals surface area contributed by atoms with Crippen molar-refractivity contribution < 1.29 is 4.79 Å². The van der Waals surface area contributed by atoms with Crippen molar-refractivity contribution in [2.45, 2.75) is 38.8 Å². The molecule has 1 aliphatic heterocycles. The first-order chi connectivity index (χ1) is 11.2. The van der Waals surface area contributed by atoms with Crippen LogP contribution in [0.15, 0.2) is 36.7 Å². The lowest BCUT2D eigenvalue weighted by molar-refractivity contribution is -0.122. The number of nitrogens with one attached hydrogen (secondary N) is 1. The summed E-state index contributed by atoms with van der Waals surface area (Å²) < 4.78 is 1.82. The highest BCUT2D eigenvalue weighted by molar-refractivity contribution is 5.76. The Hall–Kier alpha value is -2.37. The smallest absolute Gasteiger partial charge is 0.222 e. The van der Waals surface area contributed by atoms with E-state index in [2.05, 4.69) is 20.3 Å². The average Bonchev–Trinajstić information content (AvgIpc) is 3.00. The SMILES string of the molecule is Cc1ccn(CCC(=O)NC2CCCN(c3ccccn3)C2)n1. The molecule has 1 atom stereocenters. The molecule has 23 heavy (non-hydrogen) atoms. The first-order valence-corrected chi connectivity index (χ1v) is 8.16. The van der Waals surface area contributed by atoms with Gasteiger partial charge < -0.3 is 10.2 Å². The van der Waals surface area contributed by atoms with Gasteiger partial charge in [0.2, 0.25) is 5.91 Å². The maximum absolute atomic E-state index is 12.1. The molecule has 122 valence electrons. The molecule has 1 unspecified atom stereocenters. The maximum Gasteiger partial charge on any atom is 0.222 e. The summed E-state index contributed by atoms with van der Waals surface area (Å²) in [4.78, 5) is 18.8. The summed E-state index contributed by atoms with van der Waals surface area (Å²) in [6.07, 6.45) is 6.27. The quantitative estimate of drug-likeness (QED) is 0.913. The van der Waals surface area contributed by atoms with Crippen molar-refractivity contribution >= 4 is 11.7 Å². The number of aryl methyl sites for hydroxylation is 2. The van der Waals surface area contributed by atoms with Crippen LogP contribution in [-0.4, -0.2) is 39.8 Å². The molecule has 1 fully saturated rings. The van der Waals surface area contributed by atoms with Crippen LogP contribution >= 0.6 is 0 Å². The van der Waals surface area contributed by atoms with E-state index in [0.29, 0.717) is 13.0 Å². The Morgan fingerprint density at radius 1 is 1.39 bits per heavy atom. The van der Waals surface area contributed by atoms with E-state index < -0.39 is 0 Å². The van der Waals surface area contributed by atoms with E-state index >= 15 is 0 Å². The molecule has 3 heterocycles. The van der Waals surface area contributed by atoms with Gasteiger partial charge in [0.05, 0.1) is 5.69 Å². The normalized spacial score (nSPS) is 18.0. The van der Waals surface area contributed by atoms with Gasteiger partial charge in [-0.15, -0.1) is 0 Å². The molecule has 2 aromatic heterocycles. The number of anilines is 1. The second kappa shape index (κ2) is 7.26. The minimum Gasteiger partial charge on any atom is -0.355 e. The molecule has 1 aliphatic rings. The summed E-state index contributed by atoms with van der Waals surface area (Å²) in [5.74, 6) is 1.07. The number of carbonyl (C=O) groups is 1. The van der Waals surface area contributed by atoms with Crippen molar-refractivity contribution in [3.05, 3.63) is 42.4 Å². The number of rotatable bonds is 5. The van der Waals surface area contributed by atoms with Gasteiger partial charge in [0.25, 0.3) is 0 Å². The van der Waals surface area contributed by atoms with E-state index in [1.54, 1.807) is 0 Å². The van der Waals surface area contributed by atoms with Crippen LogP contribution in [0, 0.1) is 6.92 Å². The third-order valence-electron chi connectivity index (χ3n) is 4.10. The number of amides is 1. The topological polar surface area (TPSA) is 63.1 Å². The Morgan fingerprint density at radius 2 is 2.30 bits per heavy atom. The number of pyridine rings is 1. The fraction of sp³-hybridized carbons (Fsp3) is 0.471. The standard InChI is InChI=1S/C17H23N5O/c1-14-7-11-22(20-14)12-8-17(23)19-15-5-4-10-21(13-15)16-6-2-3-9-18-16/h2-3,6-7,9,11,15H,4-5,8,10,12-13H2,1H3,(H,19,23). The highest BCUT2D eigenvalue weighted by Crippen LogP contribution is 2.17.